The molecule has 0 heterocycles. The molecule has 0 atom stereocenters. The number of rotatable bonds is 12. The largest absolute Gasteiger partial charge is 0.496 e. The Morgan fingerprint density at radius 3 is 0.983 bits per heavy atom. The second-order valence-electron chi connectivity index (χ2n) is 14.1. The first-order valence-electron chi connectivity index (χ1n) is 19.6. The molecule has 8 aromatic carbocycles. The Labute approximate surface area is 342 Å². The van der Waals surface area contributed by atoms with Crippen molar-refractivity contribution in [2.24, 2.45) is 0 Å². The van der Waals surface area contributed by atoms with Crippen LogP contribution in [0.4, 0.5) is 0 Å². The van der Waals surface area contributed by atoms with Crippen LogP contribution in [0.2, 0.25) is 0 Å². The highest BCUT2D eigenvalue weighted by Crippen LogP contribution is 2.33. The topological polar surface area (TPSA) is 18.5 Å². The smallest absolute Gasteiger partial charge is 0.126 e. The molecule has 0 fully saturated rings. The van der Waals surface area contributed by atoms with Crippen LogP contribution in [-0.2, 0) is 0 Å². The molecule has 2 nitrogen and oxygen atoms in total. The second kappa shape index (κ2) is 18.0. The minimum Gasteiger partial charge on any atom is -0.496 e. The van der Waals surface area contributed by atoms with E-state index in [0.717, 1.165) is 78.3 Å². The van der Waals surface area contributed by atoms with Gasteiger partial charge in [0.05, 0.1) is 14.2 Å². The Kier molecular flexibility index (Phi) is 11.7. The van der Waals surface area contributed by atoms with Crippen LogP contribution in [0, 0.1) is 0 Å². The lowest BCUT2D eigenvalue weighted by Crippen LogP contribution is -1.92. The van der Waals surface area contributed by atoms with Gasteiger partial charge in [-0.05, 0) is 103 Å². The summed E-state index contributed by atoms with van der Waals surface area (Å²) in [5.41, 5.74) is 13.3. The average Bonchev–Trinajstić information content (AvgIpc) is 3.29. The Morgan fingerprint density at radius 2 is 0.655 bits per heavy atom. The third-order valence-corrected chi connectivity index (χ3v) is 10.3. The van der Waals surface area contributed by atoms with E-state index in [1.54, 1.807) is 14.2 Å². The molecular formula is C56H44O2. The van der Waals surface area contributed by atoms with E-state index in [9.17, 15) is 0 Å². The lowest BCUT2D eigenvalue weighted by atomic mass is 9.95. The van der Waals surface area contributed by atoms with Crippen molar-refractivity contribution in [3.05, 3.63) is 250 Å². The normalized spacial score (nSPS) is 11.1. The zero-order valence-corrected chi connectivity index (χ0v) is 32.8. The molecule has 8 rings (SSSR count). The van der Waals surface area contributed by atoms with E-state index in [-0.39, 0.29) is 0 Å². The van der Waals surface area contributed by atoms with Gasteiger partial charge in [0.25, 0.3) is 0 Å². The Bertz CT molecular complexity index is 2480. The van der Waals surface area contributed by atoms with Crippen molar-refractivity contribution >= 4 is 58.4 Å². The van der Waals surface area contributed by atoms with Crippen LogP contribution in [0.3, 0.4) is 0 Å². The highest BCUT2D eigenvalue weighted by Gasteiger charge is 2.11. The quantitative estimate of drug-likeness (QED) is 0.116. The fraction of sp³-hybridized carbons (Fsp3) is 0.0357. The van der Waals surface area contributed by atoms with Gasteiger partial charge in [0.2, 0.25) is 0 Å². The average molecular weight is 749 g/mol. The molecule has 2 heteroatoms. The lowest BCUT2D eigenvalue weighted by molar-refractivity contribution is 0.413. The van der Waals surface area contributed by atoms with Gasteiger partial charge in [-0.15, -0.1) is 0 Å². The number of hydrogen-bond donors (Lipinski definition) is 0. The molecule has 280 valence electrons. The highest BCUT2D eigenvalue weighted by atomic mass is 16.5. The van der Waals surface area contributed by atoms with Crippen molar-refractivity contribution in [3.63, 3.8) is 0 Å². The lowest BCUT2D eigenvalue weighted by Gasteiger charge is -2.12. The molecule has 0 aliphatic carbocycles. The Balaban J connectivity index is 1.11. The summed E-state index contributed by atoms with van der Waals surface area (Å²) < 4.78 is 11.9. The van der Waals surface area contributed by atoms with Crippen LogP contribution in [0.15, 0.2) is 194 Å². The molecule has 0 unspecified atom stereocenters. The SMILES string of the molecule is COc1cc(C=Cc2cc3ccccc3cc2C=Cc2ccc(C=C(c3ccccc3)c3ccccc3)c(OC)c2)ccc1C=C(c1ccccc1)c1ccccc1. The van der Waals surface area contributed by atoms with Gasteiger partial charge in [-0.2, -0.15) is 0 Å². The highest BCUT2D eigenvalue weighted by molar-refractivity contribution is 5.95. The van der Waals surface area contributed by atoms with Crippen molar-refractivity contribution in [1.29, 1.82) is 0 Å². The molecule has 0 amide bonds. The van der Waals surface area contributed by atoms with Crippen molar-refractivity contribution in [2.45, 2.75) is 0 Å². The van der Waals surface area contributed by atoms with Gasteiger partial charge >= 0.3 is 0 Å². The zero-order chi connectivity index (χ0) is 39.5. The van der Waals surface area contributed by atoms with E-state index >= 15 is 0 Å². The van der Waals surface area contributed by atoms with Crippen molar-refractivity contribution in [2.75, 3.05) is 14.2 Å². The van der Waals surface area contributed by atoms with Crippen LogP contribution < -0.4 is 9.47 Å². The first-order valence-corrected chi connectivity index (χ1v) is 19.6. The standard InChI is InChI=1S/C56H44O2/c1-57-55-35-41(29-33-51(55)39-53(43-17-7-3-8-18-43)44-19-9-4-10-20-44)27-31-49-37-47-25-15-16-26-48(47)38-50(49)32-28-42-30-34-52(56(36-42)58-2)40-54(45-21-11-5-12-22-45)46-23-13-6-14-24-46/h3-40H,1-2H3. The first-order chi connectivity index (χ1) is 28.6. The molecule has 0 N–H and O–H groups in total. The predicted octanol–water partition coefficient (Wildman–Crippen LogP) is 14.4. The minimum atomic E-state index is 0.817. The molecule has 0 bridgehead atoms. The van der Waals surface area contributed by atoms with Crippen LogP contribution in [-0.4, -0.2) is 14.2 Å². The molecule has 0 aliphatic rings. The number of fused-ring (bicyclic) bond motifs is 1. The maximum absolute atomic E-state index is 5.97. The third-order valence-electron chi connectivity index (χ3n) is 10.3. The summed E-state index contributed by atoms with van der Waals surface area (Å²) in [7, 11) is 3.47. The molecule has 0 aliphatic heterocycles. The van der Waals surface area contributed by atoms with E-state index in [1.165, 1.54) is 10.8 Å². The fourth-order valence-electron chi connectivity index (χ4n) is 7.29. The van der Waals surface area contributed by atoms with Gasteiger partial charge in [-0.25, -0.2) is 0 Å². The molecule has 0 spiro atoms. The summed E-state index contributed by atoms with van der Waals surface area (Å²) >= 11 is 0. The summed E-state index contributed by atoms with van der Waals surface area (Å²) in [5.74, 6) is 1.63. The summed E-state index contributed by atoms with van der Waals surface area (Å²) in [6.45, 7) is 0. The predicted molar refractivity (Wildman–Crippen MR) is 248 cm³/mol. The maximum Gasteiger partial charge on any atom is 0.126 e. The Hall–Kier alpha value is -7.42. The van der Waals surface area contributed by atoms with Crippen LogP contribution in [0.25, 0.3) is 58.4 Å². The Morgan fingerprint density at radius 1 is 0.328 bits per heavy atom. The van der Waals surface area contributed by atoms with E-state index in [2.05, 4.69) is 206 Å². The van der Waals surface area contributed by atoms with Gasteiger partial charge in [0, 0.05) is 11.1 Å². The first kappa shape index (κ1) is 37.5. The molecular weight excluding hydrogens is 705 g/mol. The summed E-state index contributed by atoms with van der Waals surface area (Å²) in [4.78, 5) is 0. The molecule has 0 saturated carbocycles. The monoisotopic (exact) mass is 748 g/mol. The summed E-state index contributed by atoms with van der Waals surface area (Å²) in [5, 5.41) is 2.38. The number of hydrogen-bond acceptors (Lipinski definition) is 2. The molecule has 0 radical (unpaired) electrons. The van der Waals surface area contributed by atoms with E-state index in [1.807, 2.05) is 24.3 Å². The van der Waals surface area contributed by atoms with Gasteiger partial charge < -0.3 is 9.47 Å². The van der Waals surface area contributed by atoms with E-state index in [4.69, 9.17) is 9.47 Å². The molecule has 0 aromatic heterocycles. The van der Waals surface area contributed by atoms with Crippen LogP contribution in [0.5, 0.6) is 11.5 Å². The second-order valence-corrected chi connectivity index (χ2v) is 14.1. The van der Waals surface area contributed by atoms with Gasteiger partial charge in [0.1, 0.15) is 11.5 Å². The maximum atomic E-state index is 5.97. The number of methoxy groups -OCH3 is 2. The van der Waals surface area contributed by atoms with Crippen LogP contribution >= 0.6 is 0 Å². The molecule has 0 saturated heterocycles. The van der Waals surface area contributed by atoms with Gasteiger partial charge in [-0.1, -0.05) is 194 Å². The van der Waals surface area contributed by atoms with Crippen LogP contribution in [0.1, 0.15) is 55.6 Å². The van der Waals surface area contributed by atoms with Crippen molar-refractivity contribution < 1.29 is 9.47 Å². The minimum absolute atomic E-state index is 0.817. The van der Waals surface area contributed by atoms with Crippen molar-refractivity contribution in [1.82, 2.24) is 0 Å². The summed E-state index contributed by atoms with van der Waals surface area (Å²) in [6, 6.07) is 67.8. The number of benzene rings is 8. The summed E-state index contributed by atoms with van der Waals surface area (Å²) in [6.07, 6.45) is 13.1. The van der Waals surface area contributed by atoms with E-state index in [0.29, 0.717) is 0 Å². The fourth-order valence-corrected chi connectivity index (χ4v) is 7.29. The molecule has 58 heavy (non-hydrogen) atoms. The van der Waals surface area contributed by atoms with Gasteiger partial charge in [-0.3, -0.25) is 0 Å². The zero-order valence-electron chi connectivity index (χ0n) is 32.8. The molecule has 8 aromatic rings. The van der Waals surface area contributed by atoms with E-state index < -0.39 is 0 Å². The van der Waals surface area contributed by atoms with Gasteiger partial charge in [0.15, 0.2) is 0 Å². The van der Waals surface area contributed by atoms with Crippen molar-refractivity contribution in [3.8, 4) is 11.5 Å². The third kappa shape index (κ3) is 8.83. The number of ether oxygens (including phenoxy) is 2.